The summed E-state index contributed by atoms with van der Waals surface area (Å²) in [5.74, 6) is 1.39. The summed E-state index contributed by atoms with van der Waals surface area (Å²) in [4.78, 5) is 10.9. The van der Waals surface area contributed by atoms with E-state index in [0.29, 0.717) is 29.6 Å². The van der Waals surface area contributed by atoms with Gasteiger partial charge in [-0.25, -0.2) is 0 Å². The monoisotopic (exact) mass is 325 g/mol. The third kappa shape index (κ3) is 3.99. The van der Waals surface area contributed by atoms with Crippen LogP contribution in [-0.4, -0.2) is 33.0 Å². The Morgan fingerprint density at radius 2 is 2.05 bits per heavy atom. The van der Waals surface area contributed by atoms with Crippen molar-refractivity contribution in [3.63, 3.8) is 0 Å². The molecule has 0 heterocycles. The maximum Gasteiger partial charge on any atom is 0.160 e. The topological polar surface area (TPSA) is 57.1 Å². The molecule has 120 valence electrons. The number of halogens is 1. The quantitative estimate of drug-likeness (QED) is 0.717. The fraction of sp³-hybridized carbons (Fsp3) is 0.500. The number of hydrogen-bond donors (Lipinski definition) is 0. The van der Waals surface area contributed by atoms with Gasteiger partial charge in [0.05, 0.1) is 26.9 Å². The van der Waals surface area contributed by atoms with E-state index in [0.717, 1.165) is 18.4 Å². The molecule has 1 aliphatic carbocycles. The molecule has 1 aliphatic rings. The van der Waals surface area contributed by atoms with Gasteiger partial charge in [0, 0.05) is 5.03 Å². The largest absolute Gasteiger partial charge is 0.493 e. The first-order chi connectivity index (χ1) is 10.7. The standard InChI is InChI=1S/C16H20ClNO4/c1-20-13-7-6-11(10-15(13)21-2)8-9-22-14-5-3-4-12(17)16(14)18-19/h4,6-7,10,14,16H,3,5,8-9H2,1-2H3/t14-,16+/m0/s1. The normalized spacial score (nSPS) is 21.1. The highest BCUT2D eigenvalue weighted by molar-refractivity contribution is 6.30. The zero-order valence-electron chi connectivity index (χ0n) is 12.8. The van der Waals surface area contributed by atoms with Crippen LogP contribution in [0.1, 0.15) is 18.4 Å². The van der Waals surface area contributed by atoms with Crippen LogP contribution in [0.4, 0.5) is 0 Å². The molecule has 6 heteroatoms. The second-order valence-electron chi connectivity index (χ2n) is 5.07. The Balaban J connectivity index is 1.91. The summed E-state index contributed by atoms with van der Waals surface area (Å²) in [5, 5.41) is 3.56. The van der Waals surface area contributed by atoms with Crippen LogP contribution in [0.5, 0.6) is 11.5 Å². The van der Waals surface area contributed by atoms with E-state index in [4.69, 9.17) is 25.8 Å². The van der Waals surface area contributed by atoms with Crippen LogP contribution in [-0.2, 0) is 11.2 Å². The van der Waals surface area contributed by atoms with E-state index in [-0.39, 0.29) is 6.10 Å². The number of ether oxygens (including phenoxy) is 3. The van der Waals surface area contributed by atoms with Crippen LogP contribution in [0.2, 0.25) is 0 Å². The van der Waals surface area contributed by atoms with Crippen molar-refractivity contribution in [1.29, 1.82) is 0 Å². The van der Waals surface area contributed by atoms with E-state index in [1.54, 1.807) is 14.2 Å². The van der Waals surface area contributed by atoms with Crippen molar-refractivity contribution in [1.82, 2.24) is 0 Å². The lowest BCUT2D eigenvalue weighted by molar-refractivity contribution is 0.0382. The van der Waals surface area contributed by atoms with Gasteiger partial charge < -0.3 is 14.2 Å². The number of allylic oxidation sites excluding steroid dienone is 1. The van der Waals surface area contributed by atoms with Crippen molar-refractivity contribution in [2.75, 3.05) is 20.8 Å². The number of rotatable bonds is 7. The Kier molecular flexibility index (Phi) is 6.21. The number of benzene rings is 1. The Morgan fingerprint density at radius 1 is 1.27 bits per heavy atom. The minimum Gasteiger partial charge on any atom is -0.493 e. The number of nitrogens with zero attached hydrogens (tertiary/aromatic N) is 1. The Bertz CT molecular complexity index is 547. The van der Waals surface area contributed by atoms with E-state index in [1.807, 2.05) is 24.3 Å². The zero-order chi connectivity index (χ0) is 15.9. The molecule has 0 bridgehead atoms. The highest BCUT2D eigenvalue weighted by atomic mass is 35.5. The highest BCUT2D eigenvalue weighted by Gasteiger charge is 2.28. The highest BCUT2D eigenvalue weighted by Crippen LogP contribution is 2.29. The second-order valence-corrected chi connectivity index (χ2v) is 5.50. The molecule has 0 unspecified atom stereocenters. The third-order valence-electron chi connectivity index (χ3n) is 3.71. The van der Waals surface area contributed by atoms with Gasteiger partial charge in [-0.15, -0.1) is 0 Å². The van der Waals surface area contributed by atoms with Crippen molar-refractivity contribution >= 4 is 11.6 Å². The first kappa shape index (κ1) is 16.8. The van der Waals surface area contributed by atoms with E-state index in [2.05, 4.69) is 5.18 Å². The van der Waals surface area contributed by atoms with Gasteiger partial charge in [-0.3, -0.25) is 0 Å². The molecule has 0 N–H and O–H groups in total. The van der Waals surface area contributed by atoms with Crippen LogP contribution in [0, 0.1) is 4.91 Å². The molecule has 0 saturated carbocycles. The Labute approximate surface area is 135 Å². The molecule has 0 aliphatic heterocycles. The van der Waals surface area contributed by atoms with Gasteiger partial charge in [0.25, 0.3) is 0 Å². The van der Waals surface area contributed by atoms with Gasteiger partial charge in [0.15, 0.2) is 17.5 Å². The average molecular weight is 326 g/mol. The molecule has 1 aromatic rings. The van der Waals surface area contributed by atoms with Gasteiger partial charge in [-0.05, 0) is 37.0 Å². The number of methoxy groups -OCH3 is 2. The van der Waals surface area contributed by atoms with E-state index < -0.39 is 6.04 Å². The van der Waals surface area contributed by atoms with Crippen LogP contribution >= 0.6 is 11.6 Å². The summed E-state index contributed by atoms with van der Waals surface area (Å²) in [6, 6.07) is 5.17. The predicted octanol–water partition coefficient (Wildman–Crippen LogP) is 3.68. The van der Waals surface area contributed by atoms with E-state index in [1.165, 1.54) is 0 Å². The summed E-state index contributed by atoms with van der Waals surface area (Å²) in [6.45, 7) is 0.496. The van der Waals surface area contributed by atoms with Gasteiger partial charge in [0.1, 0.15) is 0 Å². The molecule has 0 radical (unpaired) electrons. The van der Waals surface area contributed by atoms with Gasteiger partial charge in [-0.2, -0.15) is 4.91 Å². The molecular weight excluding hydrogens is 306 g/mol. The Morgan fingerprint density at radius 3 is 2.73 bits per heavy atom. The Hall–Kier alpha value is -1.59. The molecule has 0 saturated heterocycles. The molecule has 0 fully saturated rings. The van der Waals surface area contributed by atoms with Crippen molar-refractivity contribution in [3.05, 3.63) is 39.8 Å². The van der Waals surface area contributed by atoms with Gasteiger partial charge in [0.2, 0.25) is 0 Å². The summed E-state index contributed by atoms with van der Waals surface area (Å²) in [7, 11) is 3.21. The predicted molar refractivity (Wildman–Crippen MR) is 85.7 cm³/mol. The summed E-state index contributed by atoms with van der Waals surface area (Å²) in [6.07, 6.45) is 3.88. The number of nitroso groups, excluding NO2 is 1. The van der Waals surface area contributed by atoms with Crippen LogP contribution in [0.25, 0.3) is 0 Å². The summed E-state index contributed by atoms with van der Waals surface area (Å²) < 4.78 is 16.3. The molecule has 22 heavy (non-hydrogen) atoms. The van der Waals surface area contributed by atoms with Gasteiger partial charge >= 0.3 is 0 Å². The smallest absolute Gasteiger partial charge is 0.160 e. The molecule has 2 atom stereocenters. The van der Waals surface area contributed by atoms with E-state index in [9.17, 15) is 4.91 Å². The molecule has 1 aromatic carbocycles. The number of hydrogen-bond acceptors (Lipinski definition) is 5. The first-order valence-corrected chi connectivity index (χ1v) is 7.58. The van der Waals surface area contributed by atoms with Crippen molar-refractivity contribution in [3.8, 4) is 11.5 Å². The van der Waals surface area contributed by atoms with Crippen molar-refractivity contribution in [2.45, 2.75) is 31.4 Å². The van der Waals surface area contributed by atoms with Crippen LogP contribution in [0.15, 0.2) is 34.5 Å². The van der Waals surface area contributed by atoms with E-state index >= 15 is 0 Å². The minimum atomic E-state index is -0.583. The fourth-order valence-corrected chi connectivity index (χ4v) is 2.79. The molecule has 5 nitrogen and oxygen atoms in total. The lowest BCUT2D eigenvalue weighted by Gasteiger charge is -2.25. The molecule has 0 amide bonds. The zero-order valence-corrected chi connectivity index (χ0v) is 13.5. The molecule has 0 aromatic heterocycles. The third-order valence-corrected chi connectivity index (χ3v) is 4.09. The van der Waals surface area contributed by atoms with Gasteiger partial charge in [-0.1, -0.05) is 28.9 Å². The maximum atomic E-state index is 10.9. The van der Waals surface area contributed by atoms with Crippen LogP contribution < -0.4 is 9.47 Å². The average Bonchev–Trinajstić information content (AvgIpc) is 2.55. The first-order valence-electron chi connectivity index (χ1n) is 7.20. The molecular formula is C16H20ClNO4. The van der Waals surface area contributed by atoms with Crippen molar-refractivity contribution < 1.29 is 14.2 Å². The lowest BCUT2D eigenvalue weighted by Crippen LogP contribution is -2.31. The molecule has 0 spiro atoms. The summed E-state index contributed by atoms with van der Waals surface area (Å²) in [5.41, 5.74) is 1.07. The lowest BCUT2D eigenvalue weighted by atomic mass is 9.99. The summed E-state index contributed by atoms with van der Waals surface area (Å²) >= 11 is 6.00. The van der Waals surface area contributed by atoms with Crippen LogP contribution in [0.3, 0.4) is 0 Å². The van der Waals surface area contributed by atoms with Crippen molar-refractivity contribution in [2.24, 2.45) is 5.18 Å². The SMILES string of the molecule is COc1ccc(CCO[C@H]2CCC=C(Cl)[C@H]2N=O)cc1OC. The molecule has 2 rings (SSSR count). The fourth-order valence-electron chi connectivity index (χ4n) is 2.50. The minimum absolute atomic E-state index is 0.241. The second kappa shape index (κ2) is 8.15. The maximum absolute atomic E-state index is 10.9.